The molecular weight excluding hydrogens is 400 g/mol. The minimum atomic E-state index is -1.15. The maximum absolute atomic E-state index is 13.3. The summed E-state index contributed by atoms with van der Waals surface area (Å²) in [6.07, 6.45) is 0.377. The molecule has 1 fully saturated rings. The molecule has 4 rings (SSSR count). The van der Waals surface area contributed by atoms with Crippen molar-refractivity contribution >= 4 is 11.8 Å². The molecule has 0 aromatic heterocycles. The van der Waals surface area contributed by atoms with Crippen LogP contribution in [0.5, 0.6) is 0 Å². The van der Waals surface area contributed by atoms with Crippen LogP contribution in [-0.2, 0) is 16.0 Å². The molecule has 0 saturated carbocycles. The van der Waals surface area contributed by atoms with Crippen LogP contribution in [0.1, 0.15) is 22.8 Å². The molecule has 0 spiro atoms. The highest BCUT2D eigenvalue weighted by Gasteiger charge is 2.45. The van der Waals surface area contributed by atoms with Crippen molar-refractivity contribution < 1.29 is 14.3 Å². The summed E-state index contributed by atoms with van der Waals surface area (Å²) < 4.78 is 6.19. The molecular formula is C27H28N2O3. The second-order valence-corrected chi connectivity index (χ2v) is 7.99. The van der Waals surface area contributed by atoms with Gasteiger partial charge in [-0.3, -0.25) is 9.59 Å². The topological polar surface area (TPSA) is 58.6 Å². The van der Waals surface area contributed by atoms with Gasteiger partial charge in [-0.2, -0.15) is 0 Å². The number of nitrogens with zero attached hydrogens (tertiary/aromatic N) is 1. The first-order valence-corrected chi connectivity index (χ1v) is 11.0. The van der Waals surface area contributed by atoms with E-state index in [1.54, 1.807) is 17.0 Å². The Hall–Kier alpha value is -3.44. The Labute approximate surface area is 189 Å². The molecule has 1 atom stereocenters. The summed E-state index contributed by atoms with van der Waals surface area (Å²) in [5.41, 5.74) is 2.63. The molecule has 0 unspecified atom stereocenters. The summed E-state index contributed by atoms with van der Waals surface area (Å²) in [6.45, 7) is 3.35. The number of hydrogen-bond acceptors (Lipinski definition) is 3. The Morgan fingerprint density at radius 2 is 1.59 bits per heavy atom. The van der Waals surface area contributed by atoms with E-state index in [0.29, 0.717) is 31.7 Å². The Morgan fingerprint density at radius 1 is 0.938 bits per heavy atom. The van der Waals surface area contributed by atoms with Gasteiger partial charge in [0.25, 0.3) is 11.8 Å². The number of likely N-dealkylation sites (N-methyl/N-ethyl adjacent to an activating group) is 1. The van der Waals surface area contributed by atoms with Gasteiger partial charge >= 0.3 is 0 Å². The van der Waals surface area contributed by atoms with Gasteiger partial charge in [-0.15, -0.1) is 0 Å². The van der Waals surface area contributed by atoms with Crippen molar-refractivity contribution in [1.29, 1.82) is 0 Å². The minimum absolute atomic E-state index is 0.0843. The van der Waals surface area contributed by atoms with Crippen LogP contribution in [0.3, 0.4) is 0 Å². The lowest BCUT2D eigenvalue weighted by Gasteiger charge is -2.42. The molecule has 5 heteroatoms. The molecule has 164 valence electrons. The van der Waals surface area contributed by atoms with Crippen molar-refractivity contribution in [2.75, 3.05) is 26.2 Å². The predicted octanol–water partition coefficient (Wildman–Crippen LogP) is 3.94. The van der Waals surface area contributed by atoms with Gasteiger partial charge in [-0.05, 0) is 35.7 Å². The second-order valence-electron chi connectivity index (χ2n) is 7.99. The van der Waals surface area contributed by atoms with E-state index >= 15 is 0 Å². The quantitative estimate of drug-likeness (QED) is 0.647. The number of ether oxygens (including phenoxy) is 1. The van der Waals surface area contributed by atoms with Gasteiger partial charge in [0.1, 0.15) is 0 Å². The van der Waals surface area contributed by atoms with Crippen molar-refractivity contribution in [3.05, 3.63) is 96.1 Å². The number of carbonyl (C=O) groups is 2. The standard InChI is InChI=1S/C27H28N2O3/c1-2-28-26(31)27(19-23-15-9-10-16-24(23)21-11-5-3-6-12-21)20-29(17-18-32-27)25(30)22-13-7-4-8-14-22/h3-16H,2,17-20H2,1H3,(H,28,31)/t27-/m0/s1. The third-order valence-corrected chi connectivity index (χ3v) is 5.82. The van der Waals surface area contributed by atoms with Crippen LogP contribution in [0.25, 0.3) is 11.1 Å². The van der Waals surface area contributed by atoms with Crippen molar-refractivity contribution in [3.8, 4) is 11.1 Å². The van der Waals surface area contributed by atoms with Gasteiger partial charge in [-0.1, -0.05) is 72.8 Å². The first-order chi connectivity index (χ1) is 15.6. The highest BCUT2D eigenvalue weighted by molar-refractivity contribution is 5.95. The third-order valence-electron chi connectivity index (χ3n) is 5.82. The summed E-state index contributed by atoms with van der Waals surface area (Å²) in [7, 11) is 0. The molecule has 1 aliphatic rings. The molecule has 0 radical (unpaired) electrons. The zero-order valence-corrected chi connectivity index (χ0v) is 18.3. The van der Waals surface area contributed by atoms with E-state index in [0.717, 1.165) is 16.7 Å². The lowest BCUT2D eigenvalue weighted by Crippen LogP contribution is -2.62. The smallest absolute Gasteiger partial charge is 0.254 e. The van der Waals surface area contributed by atoms with Crippen LogP contribution in [0.15, 0.2) is 84.9 Å². The van der Waals surface area contributed by atoms with Crippen LogP contribution in [0.2, 0.25) is 0 Å². The molecule has 1 N–H and O–H groups in total. The van der Waals surface area contributed by atoms with E-state index in [1.807, 2.05) is 61.5 Å². The van der Waals surface area contributed by atoms with Gasteiger partial charge in [0.2, 0.25) is 0 Å². The number of nitrogens with one attached hydrogen (secondary N) is 1. The lowest BCUT2D eigenvalue weighted by molar-refractivity contribution is -0.157. The average Bonchev–Trinajstić information content (AvgIpc) is 2.85. The predicted molar refractivity (Wildman–Crippen MR) is 125 cm³/mol. The van der Waals surface area contributed by atoms with Gasteiger partial charge in [0.15, 0.2) is 5.60 Å². The van der Waals surface area contributed by atoms with Crippen molar-refractivity contribution in [2.24, 2.45) is 0 Å². The Balaban J connectivity index is 1.68. The second kappa shape index (κ2) is 9.79. The highest BCUT2D eigenvalue weighted by atomic mass is 16.5. The van der Waals surface area contributed by atoms with Crippen LogP contribution >= 0.6 is 0 Å². The molecule has 0 aliphatic carbocycles. The number of carbonyl (C=O) groups excluding carboxylic acids is 2. The van der Waals surface area contributed by atoms with Crippen LogP contribution in [0.4, 0.5) is 0 Å². The first-order valence-electron chi connectivity index (χ1n) is 11.0. The maximum Gasteiger partial charge on any atom is 0.254 e. The van der Waals surface area contributed by atoms with Crippen LogP contribution < -0.4 is 5.32 Å². The summed E-state index contributed by atoms with van der Waals surface area (Å²) in [5, 5.41) is 2.93. The molecule has 1 heterocycles. The first kappa shape index (κ1) is 21.8. The van der Waals surface area contributed by atoms with Crippen molar-refractivity contribution in [3.63, 3.8) is 0 Å². The van der Waals surface area contributed by atoms with Crippen molar-refractivity contribution in [1.82, 2.24) is 10.2 Å². The molecule has 5 nitrogen and oxygen atoms in total. The maximum atomic E-state index is 13.3. The fraction of sp³-hybridized carbons (Fsp3) is 0.259. The molecule has 0 bridgehead atoms. The SMILES string of the molecule is CCNC(=O)[C@]1(Cc2ccccc2-c2ccccc2)CN(C(=O)c2ccccc2)CCO1. The van der Waals surface area contributed by atoms with Gasteiger partial charge in [-0.25, -0.2) is 0 Å². The summed E-state index contributed by atoms with van der Waals surface area (Å²) in [6, 6.07) is 27.4. The summed E-state index contributed by atoms with van der Waals surface area (Å²) in [5.74, 6) is -0.271. The van der Waals surface area contributed by atoms with E-state index in [9.17, 15) is 9.59 Å². The van der Waals surface area contributed by atoms with Crippen molar-refractivity contribution in [2.45, 2.75) is 18.9 Å². The third kappa shape index (κ3) is 4.58. The van der Waals surface area contributed by atoms with E-state index in [2.05, 4.69) is 23.5 Å². The number of morpholine rings is 1. The number of rotatable bonds is 6. The fourth-order valence-corrected chi connectivity index (χ4v) is 4.25. The molecule has 3 aromatic rings. The van der Waals surface area contributed by atoms with Crippen LogP contribution in [0, 0.1) is 0 Å². The zero-order valence-electron chi connectivity index (χ0n) is 18.3. The fourth-order valence-electron chi connectivity index (χ4n) is 4.25. The summed E-state index contributed by atoms with van der Waals surface area (Å²) in [4.78, 5) is 28.2. The van der Waals surface area contributed by atoms with E-state index < -0.39 is 5.60 Å². The van der Waals surface area contributed by atoms with Gasteiger partial charge < -0.3 is 15.0 Å². The lowest BCUT2D eigenvalue weighted by atomic mass is 9.87. The normalized spacial score (nSPS) is 18.2. The molecule has 2 amide bonds. The Morgan fingerprint density at radius 3 is 2.31 bits per heavy atom. The van der Waals surface area contributed by atoms with Gasteiger partial charge in [0, 0.05) is 25.1 Å². The zero-order chi connectivity index (χ0) is 22.4. The van der Waals surface area contributed by atoms with E-state index in [4.69, 9.17) is 4.74 Å². The molecule has 1 aliphatic heterocycles. The average molecular weight is 429 g/mol. The Kier molecular flexibility index (Phi) is 6.66. The van der Waals surface area contributed by atoms with Gasteiger partial charge in [0.05, 0.1) is 13.2 Å². The highest BCUT2D eigenvalue weighted by Crippen LogP contribution is 2.31. The molecule has 3 aromatic carbocycles. The van der Waals surface area contributed by atoms with Crippen LogP contribution in [-0.4, -0.2) is 48.6 Å². The molecule has 32 heavy (non-hydrogen) atoms. The molecule has 1 saturated heterocycles. The Bertz CT molecular complexity index is 1070. The monoisotopic (exact) mass is 428 g/mol. The number of amides is 2. The number of hydrogen-bond donors (Lipinski definition) is 1. The number of benzene rings is 3. The largest absolute Gasteiger partial charge is 0.361 e. The summed E-state index contributed by atoms with van der Waals surface area (Å²) >= 11 is 0. The van der Waals surface area contributed by atoms with E-state index in [1.165, 1.54) is 0 Å². The van der Waals surface area contributed by atoms with E-state index in [-0.39, 0.29) is 18.4 Å². The minimum Gasteiger partial charge on any atom is -0.361 e.